The molecule has 1 N–H and O–H groups in total. The summed E-state index contributed by atoms with van der Waals surface area (Å²) in [6.07, 6.45) is 6.63. The number of amides is 1. The van der Waals surface area contributed by atoms with Crippen LogP contribution in [0.3, 0.4) is 0 Å². The lowest BCUT2D eigenvalue weighted by Crippen LogP contribution is -2.20. The quantitative estimate of drug-likeness (QED) is 0.795. The van der Waals surface area contributed by atoms with Crippen LogP contribution in [0, 0.1) is 6.92 Å². The van der Waals surface area contributed by atoms with Gasteiger partial charge in [0.05, 0.1) is 11.9 Å². The zero-order valence-electron chi connectivity index (χ0n) is 12.7. The van der Waals surface area contributed by atoms with Crippen LogP contribution in [0.25, 0.3) is 5.82 Å². The van der Waals surface area contributed by atoms with Crippen molar-refractivity contribution in [1.29, 1.82) is 0 Å². The molecular weight excluding hydrogens is 294 g/mol. The van der Waals surface area contributed by atoms with Gasteiger partial charge in [0.15, 0.2) is 0 Å². The van der Waals surface area contributed by atoms with Crippen molar-refractivity contribution in [3.63, 3.8) is 0 Å². The molecule has 0 aliphatic carbocycles. The first kappa shape index (κ1) is 14.7. The fourth-order valence-electron chi connectivity index (χ4n) is 2.12. The summed E-state index contributed by atoms with van der Waals surface area (Å²) in [5.41, 5.74) is 0.626. The molecule has 0 fully saturated rings. The van der Waals surface area contributed by atoms with Crippen molar-refractivity contribution in [3.05, 3.63) is 70.8 Å². The van der Waals surface area contributed by atoms with Crippen molar-refractivity contribution >= 4 is 11.6 Å². The third-order valence-corrected chi connectivity index (χ3v) is 3.44. The molecule has 0 aliphatic heterocycles. The number of pyridine rings is 2. The van der Waals surface area contributed by atoms with Gasteiger partial charge in [0.1, 0.15) is 11.6 Å². The Morgan fingerprint density at radius 1 is 1.17 bits per heavy atom. The minimum atomic E-state index is -0.351. The lowest BCUT2D eigenvalue weighted by molar-refractivity contribution is 0.102. The van der Waals surface area contributed by atoms with Gasteiger partial charge >= 0.3 is 0 Å². The molecule has 0 spiro atoms. The number of hydrogen-bond donors (Lipinski definition) is 1. The fourth-order valence-corrected chi connectivity index (χ4v) is 2.12. The molecule has 7 nitrogen and oxygen atoms in total. The summed E-state index contributed by atoms with van der Waals surface area (Å²) in [7, 11) is 1.63. The van der Waals surface area contributed by atoms with Crippen LogP contribution in [0.15, 0.2) is 53.8 Å². The van der Waals surface area contributed by atoms with Crippen LogP contribution in [-0.4, -0.2) is 25.0 Å². The van der Waals surface area contributed by atoms with Gasteiger partial charge in [-0.05, 0) is 25.1 Å². The molecule has 3 rings (SSSR count). The molecule has 1 amide bonds. The number of imidazole rings is 1. The van der Waals surface area contributed by atoms with E-state index in [4.69, 9.17) is 0 Å². The van der Waals surface area contributed by atoms with E-state index in [2.05, 4.69) is 15.3 Å². The smallest absolute Gasteiger partial charge is 0.255 e. The number of carbonyl (C=O) groups is 1. The van der Waals surface area contributed by atoms with E-state index in [1.165, 1.54) is 10.6 Å². The molecule has 0 saturated carbocycles. The summed E-state index contributed by atoms with van der Waals surface area (Å²) in [5, 5.41) is 2.72. The molecule has 0 atom stereocenters. The van der Waals surface area contributed by atoms with Crippen LogP contribution in [0.2, 0.25) is 0 Å². The SMILES string of the molecule is Cc1nccn1-c1ccc(NC(=O)c2ccn(C)c(=O)c2)cn1. The fraction of sp³-hybridized carbons (Fsp3) is 0.125. The summed E-state index contributed by atoms with van der Waals surface area (Å²) in [6, 6.07) is 6.42. The average molecular weight is 309 g/mol. The van der Waals surface area contributed by atoms with E-state index >= 15 is 0 Å². The van der Waals surface area contributed by atoms with Gasteiger partial charge in [0.2, 0.25) is 0 Å². The molecule has 3 aromatic rings. The molecule has 3 heterocycles. The highest BCUT2D eigenvalue weighted by molar-refractivity contribution is 6.04. The Morgan fingerprint density at radius 2 is 2.00 bits per heavy atom. The minimum absolute atomic E-state index is 0.235. The van der Waals surface area contributed by atoms with Crippen LogP contribution >= 0.6 is 0 Å². The molecule has 23 heavy (non-hydrogen) atoms. The average Bonchev–Trinajstić information content (AvgIpc) is 2.97. The lowest BCUT2D eigenvalue weighted by Gasteiger charge is -2.07. The highest BCUT2D eigenvalue weighted by atomic mass is 16.2. The van der Waals surface area contributed by atoms with Crippen LogP contribution < -0.4 is 10.9 Å². The van der Waals surface area contributed by atoms with Crippen molar-refractivity contribution in [2.75, 3.05) is 5.32 Å². The number of nitrogens with one attached hydrogen (secondary N) is 1. The van der Waals surface area contributed by atoms with Gasteiger partial charge in [-0.3, -0.25) is 14.2 Å². The maximum absolute atomic E-state index is 12.1. The number of aromatic nitrogens is 4. The van der Waals surface area contributed by atoms with Crippen molar-refractivity contribution in [2.45, 2.75) is 6.92 Å². The van der Waals surface area contributed by atoms with Crippen molar-refractivity contribution < 1.29 is 4.79 Å². The lowest BCUT2D eigenvalue weighted by atomic mass is 10.2. The van der Waals surface area contributed by atoms with E-state index in [1.54, 1.807) is 43.8 Å². The number of rotatable bonds is 3. The normalized spacial score (nSPS) is 10.5. The second kappa shape index (κ2) is 5.88. The Labute approximate surface area is 132 Å². The maximum atomic E-state index is 12.1. The Kier molecular flexibility index (Phi) is 3.76. The standard InChI is InChI=1S/C16H15N5O2/c1-11-17-6-8-21(11)14-4-3-13(10-18-14)19-16(23)12-5-7-20(2)15(22)9-12/h3-10H,1-2H3,(H,19,23). The molecule has 0 radical (unpaired) electrons. The number of hydrogen-bond acceptors (Lipinski definition) is 4. The van der Waals surface area contributed by atoms with Gasteiger partial charge in [0, 0.05) is 37.3 Å². The van der Waals surface area contributed by atoms with Gasteiger partial charge in [-0.25, -0.2) is 9.97 Å². The van der Waals surface area contributed by atoms with Gasteiger partial charge in [-0.1, -0.05) is 0 Å². The van der Waals surface area contributed by atoms with Crippen molar-refractivity contribution in [3.8, 4) is 5.82 Å². The summed E-state index contributed by atoms with van der Waals surface area (Å²) < 4.78 is 3.24. The third kappa shape index (κ3) is 3.03. The second-order valence-corrected chi connectivity index (χ2v) is 5.07. The zero-order valence-corrected chi connectivity index (χ0v) is 12.7. The van der Waals surface area contributed by atoms with Crippen molar-refractivity contribution in [2.24, 2.45) is 7.05 Å². The van der Waals surface area contributed by atoms with E-state index in [1.807, 2.05) is 17.7 Å². The number of anilines is 1. The molecule has 7 heteroatoms. The first-order valence-corrected chi connectivity index (χ1v) is 6.99. The highest BCUT2D eigenvalue weighted by Crippen LogP contribution is 2.12. The molecular formula is C16H15N5O2. The minimum Gasteiger partial charge on any atom is -0.321 e. The van der Waals surface area contributed by atoms with Gasteiger partial charge in [-0.15, -0.1) is 0 Å². The van der Waals surface area contributed by atoms with Crippen LogP contribution in [0.5, 0.6) is 0 Å². The Morgan fingerprint density at radius 3 is 2.61 bits per heavy atom. The maximum Gasteiger partial charge on any atom is 0.255 e. The van der Waals surface area contributed by atoms with Gasteiger partial charge < -0.3 is 9.88 Å². The molecule has 0 unspecified atom stereocenters. The molecule has 3 aromatic heterocycles. The Hall–Kier alpha value is -3.22. The number of carbonyl (C=O) groups excluding carboxylic acids is 1. The molecule has 0 aliphatic rings. The van der Waals surface area contributed by atoms with E-state index in [-0.39, 0.29) is 11.5 Å². The summed E-state index contributed by atoms with van der Waals surface area (Å²) in [5.74, 6) is 1.19. The van der Waals surface area contributed by atoms with Crippen LogP contribution in [-0.2, 0) is 7.05 Å². The summed E-state index contributed by atoms with van der Waals surface area (Å²) >= 11 is 0. The third-order valence-electron chi connectivity index (χ3n) is 3.44. The Bertz CT molecular complexity index is 909. The summed E-state index contributed by atoms with van der Waals surface area (Å²) in [4.78, 5) is 32.2. The molecule has 0 aromatic carbocycles. The first-order chi connectivity index (χ1) is 11.0. The van der Waals surface area contributed by atoms with E-state index in [9.17, 15) is 9.59 Å². The van der Waals surface area contributed by atoms with Crippen LogP contribution in [0.1, 0.15) is 16.2 Å². The predicted octanol–water partition coefficient (Wildman–Crippen LogP) is 1.53. The summed E-state index contributed by atoms with van der Waals surface area (Å²) in [6.45, 7) is 1.88. The van der Waals surface area contributed by atoms with Crippen LogP contribution in [0.4, 0.5) is 5.69 Å². The first-order valence-electron chi connectivity index (χ1n) is 6.99. The molecule has 0 bridgehead atoms. The van der Waals surface area contributed by atoms with E-state index in [0.717, 1.165) is 5.82 Å². The van der Waals surface area contributed by atoms with E-state index in [0.29, 0.717) is 17.1 Å². The number of aryl methyl sites for hydroxylation is 2. The molecule has 0 saturated heterocycles. The number of nitrogens with zero attached hydrogens (tertiary/aromatic N) is 4. The Balaban J connectivity index is 1.78. The predicted molar refractivity (Wildman–Crippen MR) is 85.7 cm³/mol. The zero-order chi connectivity index (χ0) is 16.4. The highest BCUT2D eigenvalue weighted by Gasteiger charge is 2.08. The molecule has 116 valence electrons. The monoisotopic (exact) mass is 309 g/mol. The van der Waals surface area contributed by atoms with Gasteiger partial charge in [-0.2, -0.15) is 0 Å². The van der Waals surface area contributed by atoms with Crippen molar-refractivity contribution in [1.82, 2.24) is 19.1 Å². The van der Waals surface area contributed by atoms with E-state index < -0.39 is 0 Å². The topological polar surface area (TPSA) is 81.8 Å². The second-order valence-electron chi connectivity index (χ2n) is 5.07. The van der Waals surface area contributed by atoms with Gasteiger partial charge in [0.25, 0.3) is 11.5 Å². The largest absolute Gasteiger partial charge is 0.321 e.